The number of nitrogen functional groups attached to an aromatic ring is 1. The van der Waals surface area contributed by atoms with Crippen molar-refractivity contribution >= 4 is 11.6 Å². The zero-order valence-corrected chi connectivity index (χ0v) is 13.0. The van der Waals surface area contributed by atoms with Gasteiger partial charge in [0.15, 0.2) is 0 Å². The largest absolute Gasteiger partial charge is 0.399 e. The molecule has 2 saturated heterocycles. The molecule has 0 aliphatic carbocycles. The third-order valence-electron chi connectivity index (χ3n) is 5.00. The predicted molar refractivity (Wildman–Crippen MR) is 85.0 cm³/mol. The van der Waals surface area contributed by atoms with Gasteiger partial charge in [0.1, 0.15) is 0 Å². The van der Waals surface area contributed by atoms with E-state index in [2.05, 4.69) is 16.7 Å². The number of benzene rings is 1. The molecule has 2 N–H and O–H groups in total. The van der Waals surface area contributed by atoms with E-state index < -0.39 is 0 Å². The molecular weight excluding hydrogens is 262 g/mol. The zero-order valence-electron chi connectivity index (χ0n) is 13.0. The van der Waals surface area contributed by atoms with Gasteiger partial charge in [-0.05, 0) is 50.9 Å². The summed E-state index contributed by atoms with van der Waals surface area (Å²) >= 11 is 0. The van der Waals surface area contributed by atoms with Crippen LogP contribution in [0.3, 0.4) is 0 Å². The monoisotopic (exact) mass is 287 g/mol. The maximum atomic E-state index is 12.9. The summed E-state index contributed by atoms with van der Waals surface area (Å²) in [6, 6.07) is 8.57. The van der Waals surface area contributed by atoms with E-state index >= 15 is 0 Å². The van der Waals surface area contributed by atoms with Crippen LogP contribution in [0, 0.1) is 0 Å². The van der Waals surface area contributed by atoms with Gasteiger partial charge in [-0.1, -0.05) is 12.1 Å². The molecule has 114 valence electrons. The minimum absolute atomic E-state index is 0.121. The third-order valence-corrected chi connectivity index (χ3v) is 5.00. The van der Waals surface area contributed by atoms with Crippen LogP contribution in [0.5, 0.6) is 0 Å². The standard InChI is InChI=1S/C17H25N3O/c1-12-10-19-8-4-7-16(19)11-20(12)17(21)13(2)14-5-3-6-15(18)9-14/h3,5-6,9,12-13,16H,4,7-8,10-11,18H2,1-2H3. The molecule has 1 aromatic carbocycles. The average Bonchev–Trinajstić information content (AvgIpc) is 2.92. The summed E-state index contributed by atoms with van der Waals surface area (Å²) in [5.41, 5.74) is 7.58. The normalized spacial score (nSPS) is 27.4. The number of piperazine rings is 1. The molecule has 2 fully saturated rings. The highest BCUT2D eigenvalue weighted by molar-refractivity contribution is 5.84. The maximum Gasteiger partial charge on any atom is 0.230 e. The van der Waals surface area contributed by atoms with Crippen LogP contribution in [-0.2, 0) is 4.79 Å². The van der Waals surface area contributed by atoms with Crippen LogP contribution in [0.15, 0.2) is 24.3 Å². The summed E-state index contributed by atoms with van der Waals surface area (Å²) in [5, 5.41) is 0. The second-order valence-corrected chi connectivity index (χ2v) is 6.52. The maximum absolute atomic E-state index is 12.9. The van der Waals surface area contributed by atoms with E-state index in [4.69, 9.17) is 5.73 Å². The number of hydrogen-bond donors (Lipinski definition) is 1. The SMILES string of the molecule is CC(C(=O)N1CC2CCCN2CC1C)c1cccc(N)c1. The Balaban J connectivity index is 1.74. The van der Waals surface area contributed by atoms with Crippen molar-refractivity contribution < 1.29 is 4.79 Å². The number of fused-ring (bicyclic) bond motifs is 1. The molecule has 2 aliphatic heterocycles. The molecule has 1 aromatic rings. The lowest BCUT2D eigenvalue weighted by molar-refractivity contribution is -0.138. The fourth-order valence-electron chi connectivity index (χ4n) is 3.71. The highest BCUT2D eigenvalue weighted by Crippen LogP contribution is 2.28. The van der Waals surface area contributed by atoms with Crippen molar-refractivity contribution in [3.05, 3.63) is 29.8 Å². The summed E-state index contributed by atoms with van der Waals surface area (Å²) in [6.07, 6.45) is 2.49. The summed E-state index contributed by atoms with van der Waals surface area (Å²) in [5.74, 6) is 0.114. The summed E-state index contributed by atoms with van der Waals surface area (Å²) in [6.45, 7) is 7.25. The Bertz CT molecular complexity index is 531. The number of rotatable bonds is 2. The summed E-state index contributed by atoms with van der Waals surface area (Å²) in [4.78, 5) is 17.5. The van der Waals surface area contributed by atoms with Crippen LogP contribution < -0.4 is 5.73 Å². The zero-order chi connectivity index (χ0) is 15.0. The summed E-state index contributed by atoms with van der Waals surface area (Å²) in [7, 11) is 0. The van der Waals surface area contributed by atoms with Crippen molar-refractivity contribution in [3.8, 4) is 0 Å². The third kappa shape index (κ3) is 2.77. The lowest BCUT2D eigenvalue weighted by Gasteiger charge is -2.43. The molecule has 3 unspecified atom stereocenters. The molecule has 3 rings (SSSR count). The van der Waals surface area contributed by atoms with Crippen molar-refractivity contribution in [2.24, 2.45) is 0 Å². The minimum Gasteiger partial charge on any atom is -0.399 e. The van der Waals surface area contributed by atoms with E-state index in [0.717, 1.165) is 24.3 Å². The van der Waals surface area contributed by atoms with E-state index in [1.807, 2.05) is 31.2 Å². The smallest absolute Gasteiger partial charge is 0.230 e. The van der Waals surface area contributed by atoms with Gasteiger partial charge in [-0.25, -0.2) is 0 Å². The van der Waals surface area contributed by atoms with Crippen LogP contribution in [0.1, 0.15) is 38.2 Å². The number of nitrogens with zero attached hydrogens (tertiary/aromatic N) is 2. The molecule has 0 radical (unpaired) electrons. The molecule has 0 bridgehead atoms. The van der Waals surface area contributed by atoms with E-state index in [1.54, 1.807) is 0 Å². The van der Waals surface area contributed by atoms with Crippen molar-refractivity contribution in [1.82, 2.24) is 9.80 Å². The molecule has 3 atom stereocenters. The number of hydrogen-bond acceptors (Lipinski definition) is 3. The van der Waals surface area contributed by atoms with Gasteiger partial charge in [-0.2, -0.15) is 0 Å². The molecule has 2 aliphatic rings. The number of carbonyl (C=O) groups is 1. The van der Waals surface area contributed by atoms with Gasteiger partial charge in [0.05, 0.1) is 5.92 Å². The Labute approximate surface area is 126 Å². The van der Waals surface area contributed by atoms with E-state index in [1.165, 1.54) is 19.4 Å². The Morgan fingerprint density at radius 2 is 2.19 bits per heavy atom. The average molecular weight is 287 g/mol. The highest BCUT2D eigenvalue weighted by Gasteiger charge is 2.37. The molecule has 1 amide bonds. The molecule has 0 saturated carbocycles. The van der Waals surface area contributed by atoms with E-state index in [-0.39, 0.29) is 11.8 Å². The fraction of sp³-hybridized carbons (Fsp3) is 0.588. The van der Waals surface area contributed by atoms with Gasteiger partial charge in [-0.3, -0.25) is 9.69 Å². The van der Waals surface area contributed by atoms with Gasteiger partial charge in [0.2, 0.25) is 5.91 Å². The van der Waals surface area contributed by atoms with Crippen LogP contribution >= 0.6 is 0 Å². The first-order chi connectivity index (χ1) is 10.1. The lowest BCUT2D eigenvalue weighted by Crippen LogP contribution is -2.57. The first-order valence-electron chi connectivity index (χ1n) is 7.96. The lowest BCUT2D eigenvalue weighted by atomic mass is 9.97. The molecular formula is C17H25N3O. The number of amides is 1. The van der Waals surface area contributed by atoms with Gasteiger partial charge in [0, 0.05) is 30.9 Å². The Hall–Kier alpha value is -1.55. The highest BCUT2D eigenvalue weighted by atomic mass is 16.2. The summed E-state index contributed by atoms with van der Waals surface area (Å²) < 4.78 is 0. The molecule has 4 heteroatoms. The van der Waals surface area contributed by atoms with Crippen molar-refractivity contribution in [2.75, 3.05) is 25.4 Å². The van der Waals surface area contributed by atoms with Crippen LogP contribution in [0.25, 0.3) is 0 Å². The van der Waals surface area contributed by atoms with Gasteiger partial charge in [0.25, 0.3) is 0 Å². The predicted octanol–water partition coefficient (Wildman–Crippen LogP) is 2.07. The van der Waals surface area contributed by atoms with Crippen LogP contribution in [0.4, 0.5) is 5.69 Å². The molecule has 2 heterocycles. The van der Waals surface area contributed by atoms with Gasteiger partial charge >= 0.3 is 0 Å². The van der Waals surface area contributed by atoms with Crippen molar-refractivity contribution in [2.45, 2.75) is 44.7 Å². The molecule has 0 aromatic heterocycles. The van der Waals surface area contributed by atoms with E-state index in [9.17, 15) is 4.79 Å². The second kappa shape index (κ2) is 5.68. The first kappa shape index (κ1) is 14.4. The molecule has 21 heavy (non-hydrogen) atoms. The Morgan fingerprint density at radius 1 is 1.38 bits per heavy atom. The van der Waals surface area contributed by atoms with Gasteiger partial charge < -0.3 is 10.6 Å². The number of anilines is 1. The molecule has 4 nitrogen and oxygen atoms in total. The number of nitrogens with two attached hydrogens (primary N) is 1. The van der Waals surface area contributed by atoms with Crippen molar-refractivity contribution in [3.63, 3.8) is 0 Å². The van der Waals surface area contributed by atoms with Crippen LogP contribution in [-0.4, -0.2) is 47.4 Å². The minimum atomic E-state index is -0.121. The van der Waals surface area contributed by atoms with E-state index in [0.29, 0.717) is 12.1 Å². The number of carbonyl (C=O) groups excluding carboxylic acids is 1. The second-order valence-electron chi connectivity index (χ2n) is 6.52. The Morgan fingerprint density at radius 3 is 2.95 bits per heavy atom. The van der Waals surface area contributed by atoms with Gasteiger partial charge in [-0.15, -0.1) is 0 Å². The molecule has 0 spiro atoms. The topological polar surface area (TPSA) is 49.6 Å². The first-order valence-corrected chi connectivity index (χ1v) is 7.96. The van der Waals surface area contributed by atoms with Crippen LogP contribution in [0.2, 0.25) is 0 Å². The van der Waals surface area contributed by atoms with Crippen molar-refractivity contribution in [1.29, 1.82) is 0 Å². The fourth-order valence-corrected chi connectivity index (χ4v) is 3.71. The quantitative estimate of drug-likeness (QED) is 0.847. The Kier molecular flexibility index (Phi) is 3.89.